The fourth-order valence-corrected chi connectivity index (χ4v) is 10.3. The van der Waals surface area contributed by atoms with Crippen LogP contribution in [0, 0.1) is 40.9 Å². The predicted octanol–water partition coefficient (Wildman–Crippen LogP) is 2.78. The lowest BCUT2D eigenvalue weighted by atomic mass is 9.49. The third-order valence-corrected chi connectivity index (χ3v) is 12.4. The van der Waals surface area contributed by atoms with Gasteiger partial charge < -0.3 is 9.84 Å². The lowest BCUT2D eigenvalue weighted by molar-refractivity contribution is -0.137. The first-order chi connectivity index (χ1) is 16.5. The fraction of sp³-hybridized carbons (Fsp3) is 0.963. The molecule has 1 N–H and O–H groups in total. The molecule has 1 saturated heterocycles. The van der Waals surface area contributed by atoms with Gasteiger partial charge in [-0.25, -0.2) is 8.42 Å². The normalized spacial score (nSPS) is 44.9. The summed E-state index contributed by atoms with van der Waals surface area (Å²) < 4.78 is 30.5. The maximum absolute atomic E-state index is 13.6. The van der Waals surface area contributed by atoms with E-state index in [4.69, 9.17) is 4.74 Å². The highest BCUT2D eigenvalue weighted by atomic mass is 32.2. The Balaban J connectivity index is 1.21. The van der Waals surface area contributed by atoms with E-state index in [0.29, 0.717) is 56.9 Å². The second kappa shape index (κ2) is 9.64. The van der Waals surface area contributed by atoms with E-state index in [0.717, 1.165) is 49.9 Å². The Bertz CT molecular complexity index is 903. The highest BCUT2D eigenvalue weighted by molar-refractivity contribution is 7.88. The Hall–Kier alpha value is -0.540. The smallest absolute Gasteiger partial charge is 0.211 e. The van der Waals surface area contributed by atoms with Gasteiger partial charge in [0.15, 0.2) is 0 Å². The van der Waals surface area contributed by atoms with Crippen molar-refractivity contribution < 1.29 is 23.1 Å². The van der Waals surface area contributed by atoms with Crippen molar-refractivity contribution in [1.29, 1.82) is 0 Å². The molecule has 0 spiro atoms. The monoisotopic (exact) mass is 510 g/mol. The second-order valence-corrected chi connectivity index (χ2v) is 14.9. The van der Waals surface area contributed by atoms with Crippen molar-refractivity contribution in [3.63, 3.8) is 0 Å². The van der Waals surface area contributed by atoms with E-state index in [2.05, 4.69) is 11.8 Å². The molecule has 0 amide bonds. The summed E-state index contributed by atoms with van der Waals surface area (Å²) in [6, 6.07) is 0. The van der Waals surface area contributed by atoms with Crippen LogP contribution < -0.4 is 0 Å². The average Bonchev–Trinajstić information content (AvgIpc) is 3.16. The summed E-state index contributed by atoms with van der Waals surface area (Å²) in [5.74, 6) is 4.04. The Morgan fingerprint density at radius 1 is 0.971 bits per heavy atom. The van der Waals surface area contributed by atoms with Gasteiger partial charge in [-0.2, -0.15) is 4.31 Å². The summed E-state index contributed by atoms with van der Waals surface area (Å²) in [5, 5.41) is 11.0. The number of carbonyl (C=O) groups excluding carboxylic acids is 1. The lowest BCUT2D eigenvalue weighted by Gasteiger charge is -2.57. The molecule has 5 fully saturated rings. The van der Waals surface area contributed by atoms with Crippen LogP contribution in [0.2, 0.25) is 0 Å². The van der Waals surface area contributed by atoms with Crippen molar-refractivity contribution in [3.8, 4) is 0 Å². The molecule has 0 radical (unpaired) electrons. The quantitative estimate of drug-likeness (QED) is 0.591. The van der Waals surface area contributed by atoms with E-state index in [1.807, 2.05) is 0 Å². The summed E-state index contributed by atoms with van der Waals surface area (Å²) in [6.07, 6.45) is 11.2. The van der Waals surface area contributed by atoms with Crippen molar-refractivity contribution in [1.82, 2.24) is 9.21 Å². The minimum Gasteiger partial charge on any atom is -0.387 e. The molecule has 8 heteroatoms. The maximum Gasteiger partial charge on any atom is 0.211 e. The molecule has 0 aromatic rings. The summed E-state index contributed by atoms with van der Waals surface area (Å²) in [6.45, 7) is 5.61. The molecular weight excluding hydrogens is 464 g/mol. The van der Waals surface area contributed by atoms with Crippen molar-refractivity contribution in [2.45, 2.75) is 70.3 Å². The molecule has 5 aliphatic rings. The van der Waals surface area contributed by atoms with Crippen LogP contribution in [-0.4, -0.2) is 86.8 Å². The molecule has 200 valence electrons. The van der Waals surface area contributed by atoms with Crippen molar-refractivity contribution in [2.75, 3.05) is 52.7 Å². The van der Waals surface area contributed by atoms with E-state index >= 15 is 0 Å². The van der Waals surface area contributed by atoms with Crippen LogP contribution in [-0.2, 0) is 19.6 Å². The molecule has 1 aliphatic heterocycles. The number of methoxy groups -OCH3 is 1. The average molecular weight is 511 g/mol. The SMILES string of the molecule is COCC1(O)CCC2C(CCC3C2CCC2(C)C(C(=O)CN4CCN(S(C)(=O)=O)CC4)CCC32)C1. The van der Waals surface area contributed by atoms with E-state index < -0.39 is 15.6 Å². The number of ether oxygens (including phenoxy) is 1. The number of aliphatic hydroxyl groups is 1. The van der Waals surface area contributed by atoms with Crippen LogP contribution in [0.4, 0.5) is 0 Å². The summed E-state index contributed by atoms with van der Waals surface area (Å²) in [5.41, 5.74) is -0.519. The number of Topliss-reactive ketones (excluding diaryl/α,β-unsaturated/α-hetero) is 1. The molecule has 0 aromatic heterocycles. The van der Waals surface area contributed by atoms with Crippen LogP contribution in [0.15, 0.2) is 0 Å². The topological polar surface area (TPSA) is 87.2 Å². The number of hydrogen-bond donors (Lipinski definition) is 1. The van der Waals surface area contributed by atoms with Crippen LogP contribution in [0.5, 0.6) is 0 Å². The molecule has 5 rings (SSSR count). The molecule has 1 heterocycles. The van der Waals surface area contributed by atoms with Gasteiger partial charge in [-0.3, -0.25) is 9.69 Å². The highest BCUT2D eigenvalue weighted by Gasteiger charge is 2.59. The standard InChI is InChI=1S/C27H46N2O5S/c1-26-10-8-21-20-9-11-27(31,18-34-2)16-19(20)4-5-22(21)23(26)6-7-24(26)25(30)17-28-12-14-29(15-13-28)35(3,32)33/h19-24,31H,4-18H2,1-3H3. The zero-order valence-corrected chi connectivity index (χ0v) is 22.8. The molecule has 7 nitrogen and oxygen atoms in total. The van der Waals surface area contributed by atoms with Crippen molar-refractivity contribution in [3.05, 3.63) is 0 Å². The van der Waals surface area contributed by atoms with Gasteiger partial charge in [0.2, 0.25) is 10.0 Å². The van der Waals surface area contributed by atoms with Crippen molar-refractivity contribution in [2.24, 2.45) is 40.9 Å². The number of ketones is 1. The summed E-state index contributed by atoms with van der Waals surface area (Å²) in [4.78, 5) is 15.7. The predicted molar refractivity (Wildman–Crippen MR) is 135 cm³/mol. The van der Waals surface area contributed by atoms with E-state index in [1.54, 1.807) is 7.11 Å². The van der Waals surface area contributed by atoms with Gasteiger partial charge in [-0.15, -0.1) is 0 Å². The lowest BCUT2D eigenvalue weighted by Crippen LogP contribution is -2.53. The number of rotatable bonds is 6. The van der Waals surface area contributed by atoms with E-state index in [1.165, 1.54) is 36.2 Å². The molecule has 35 heavy (non-hydrogen) atoms. The molecule has 0 aromatic carbocycles. The molecule has 0 bridgehead atoms. The number of fused-ring (bicyclic) bond motifs is 5. The first kappa shape index (κ1) is 26.1. The molecule has 4 saturated carbocycles. The van der Waals surface area contributed by atoms with Gasteiger partial charge >= 0.3 is 0 Å². The number of sulfonamides is 1. The van der Waals surface area contributed by atoms with Gasteiger partial charge in [-0.1, -0.05) is 6.92 Å². The van der Waals surface area contributed by atoms with Crippen molar-refractivity contribution >= 4 is 15.8 Å². The number of nitrogens with zero attached hydrogens (tertiary/aromatic N) is 2. The second-order valence-electron chi connectivity index (χ2n) is 12.9. The summed E-state index contributed by atoms with van der Waals surface area (Å²) >= 11 is 0. The van der Waals surface area contributed by atoms with Gasteiger partial charge in [0, 0.05) is 39.2 Å². The minimum absolute atomic E-state index is 0.116. The molecule has 8 atom stereocenters. The zero-order chi connectivity index (χ0) is 25.0. The molecule has 4 aliphatic carbocycles. The fourth-order valence-electron chi connectivity index (χ4n) is 9.44. The van der Waals surface area contributed by atoms with Gasteiger partial charge in [-0.05, 0) is 92.8 Å². The zero-order valence-electron chi connectivity index (χ0n) is 22.0. The van der Waals surface area contributed by atoms with Crippen LogP contribution in [0.25, 0.3) is 0 Å². The van der Waals surface area contributed by atoms with E-state index in [9.17, 15) is 18.3 Å². The molecular formula is C27H46N2O5S. The Morgan fingerprint density at radius 3 is 2.37 bits per heavy atom. The van der Waals surface area contributed by atoms with Crippen LogP contribution in [0.3, 0.4) is 0 Å². The third kappa shape index (κ3) is 4.87. The van der Waals surface area contributed by atoms with Gasteiger partial charge in [0.1, 0.15) is 5.78 Å². The van der Waals surface area contributed by atoms with Crippen LogP contribution in [0.1, 0.15) is 64.7 Å². The number of carbonyl (C=O) groups is 1. The summed E-state index contributed by atoms with van der Waals surface area (Å²) in [7, 11) is -1.46. The van der Waals surface area contributed by atoms with Gasteiger partial charge in [0.05, 0.1) is 25.0 Å². The molecule has 8 unspecified atom stereocenters. The van der Waals surface area contributed by atoms with E-state index in [-0.39, 0.29) is 11.3 Å². The van der Waals surface area contributed by atoms with Crippen LogP contribution >= 0.6 is 0 Å². The highest BCUT2D eigenvalue weighted by Crippen LogP contribution is 2.64. The first-order valence-corrected chi connectivity index (χ1v) is 15.8. The van der Waals surface area contributed by atoms with Gasteiger partial charge in [0.25, 0.3) is 0 Å². The Labute approximate surface area is 212 Å². The Kier molecular flexibility index (Phi) is 7.19. The minimum atomic E-state index is -3.15. The largest absolute Gasteiger partial charge is 0.387 e. The number of piperazine rings is 1. The third-order valence-electron chi connectivity index (χ3n) is 11.1. The number of hydrogen-bond acceptors (Lipinski definition) is 6. The first-order valence-electron chi connectivity index (χ1n) is 14.0. The Morgan fingerprint density at radius 2 is 1.69 bits per heavy atom. The maximum atomic E-state index is 13.6.